The molecular weight excluding hydrogens is 437 g/mol. The van der Waals surface area contributed by atoms with Gasteiger partial charge in [-0.1, -0.05) is 0 Å². The molecule has 3 aromatic rings. The van der Waals surface area contributed by atoms with E-state index in [4.69, 9.17) is 5.11 Å². The Balaban J connectivity index is 2.05. The van der Waals surface area contributed by atoms with Gasteiger partial charge >= 0.3 is 12.5 Å². The first-order valence-electron chi connectivity index (χ1n) is 7.60. The molecule has 9 nitrogen and oxygen atoms in total. The monoisotopic (exact) mass is 448 g/mol. The molecule has 2 aromatic heterocycles. The van der Waals surface area contributed by atoms with Crippen molar-refractivity contribution in [2.75, 3.05) is 0 Å². The number of imidazole rings is 1. The van der Waals surface area contributed by atoms with Crippen molar-refractivity contribution in [2.24, 2.45) is 0 Å². The van der Waals surface area contributed by atoms with Crippen LogP contribution in [0.2, 0.25) is 0 Å². The molecule has 0 saturated heterocycles. The zero-order valence-electron chi connectivity index (χ0n) is 14.1. The molecule has 1 amide bonds. The highest BCUT2D eigenvalue weighted by Gasteiger charge is 2.32. The number of rotatable bonds is 6. The number of aromatic nitrogens is 3. The van der Waals surface area contributed by atoms with E-state index in [0.29, 0.717) is 11.4 Å². The van der Waals surface area contributed by atoms with Crippen molar-refractivity contribution in [3.8, 4) is 16.3 Å². The number of hydrogen-bond donors (Lipinski definition) is 2. The molecule has 0 aliphatic heterocycles. The summed E-state index contributed by atoms with van der Waals surface area (Å²) in [6.07, 6.45) is -0.618. The van der Waals surface area contributed by atoms with Gasteiger partial charge in [-0.25, -0.2) is 27.9 Å². The van der Waals surface area contributed by atoms with E-state index >= 15 is 0 Å². The summed E-state index contributed by atoms with van der Waals surface area (Å²) in [5.74, 6) is -0.673. The average Bonchev–Trinajstić information content (AvgIpc) is 3.24. The molecular formula is C15H11F3N4O5S2. The Morgan fingerprint density at radius 1 is 1.34 bits per heavy atom. The van der Waals surface area contributed by atoms with E-state index in [1.54, 1.807) is 23.3 Å². The fourth-order valence-electron chi connectivity index (χ4n) is 2.34. The highest BCUT2D eigenvalue weighted by molar-refractivity contribution is 7.90. The molecule has 0 bridgehead atoms. The minimum atomic E-state index is -4.99. The van der Waals surface area contributed by atoms with Crippen LogP contribution < -0.4 is 9.46 Å². The van der Waals surface area contributed by atoms with Crippen molar-refractivity contribution >= 4 is 27.5 Å². The number of thiazole rings is 1. The number of nitrogens with zero attached hydrogens (tertiary/aromatic N) is 3. The van der Waals surface area contributed by atoms with Gasteiger partial charge in [0.05, 0.1) is 17.8 Å². The minimum absolute atomic E-state index is 0.0681. The molecule has 29 heavy (non-hydrogen) atoms. The summed E-state index contributed by atoms with van der Waals surface area (Å²) >= 11 is 1.02. The normalized spacial score (nSPS) is 12.0. The molecule has 14 heteroatoms. The number of sulfonamides is 1. The standard InChI is InChI=1S/C15H11F3N4O5S2/c16-15(17,18)27-9-1-2-12(29(25,26)21-14(23)24)11(5-9)13-20-6-10(28-13)7-22-4-3-19-8-22/h1-6,8,21H,7H2,(H,23,24). The number of ether oxygens (including phenoxy) is 1. The smallest absolute Gasteiger partial charge is 0.464 e. The number of hydrogen-bond acceptors (Lipinski definition) is 7. The summed E-state index contributed by atoms with van der Waals surface area (Å²) in [6, 6.07) is 2.43. The second-order valence-electron chi connectivity index (χ2n) is 5.48. The molecule has 0 unspecified atom stereocenters. The van der Waals surface area contributed by atoms with E-state index in [1.807, 2.05) is 0 Å². The lowest BCUT2D eigenvalue weighted by Gasteiger charge is -2.13. The van der Waals surface area contributed by atoms with Crippen LogP contribution in [0.3, 0.4) is 0 Å². The Morgan fingerprint density at radius 2 is 2.10 bits per heavy atom. The number of amides is 1. The van der Waals surface area contributed by atoms with Crippen molar-refractivity contribution in [1.29, 1.82) is 0 Å². The minimum Gasteiger partial charge on any atom is -0.464 e. The molecule has 0 saturated carbocycles. The predicted molar refractivity (Wildman–Crippen MR) is 93.9 cm³/mol. The number of halogens is 3. The van der Waals surface area contributed by atoms with E-state index in [2.05, 4.69) is 14.7 Å². The molecule has 0 atom stereocenters. The molecule has 0 radical (unpaired) electrons. The summed E-state index contributed by atoms with van der Waals surface area (Å²) < 4.78 is 69.1. The fraction of sp³-hybridized carbons (Fsp3) is 0.133. The van der Waals surface area contributed by atoms with Crippen LogP contribution in [0.4, 0.5) is 18.0 Å². The van der Waals surface area contributed by atoms with Gasteiger partial charge in [0.15, 0.2) is 0 Å². The molecule has 3 rings (SSSR count). The molecule has 0 fully saturated rings. The van der Waals surface area contributed by atoms with Crippen LogP contribution in [-0.2, 0) is 16.6 Å². The Kier molecular flexibility index (Phi) is 5.48. The van der Waals surface area contributed by atoms with Gasteiger partial charge in [0.1, 0.15) is 10.8 Å². The van der Waals surface area contributed by atoms with Gasteiger partial charge in [0.2, 0.25) is 0 Å². The van der Waals surface area contributed by atoms with E-state index in [9.17, 15) is 26.4 Å². The summed E-state index contributed by atoms with van der Waals surface area (Å²) in [5.41, 5.74) is -0.234. The zero-order valence-corrected chi connectivity index (χ0v) is 15.8. The van der Waals surface area contributed by atoms with Crippen molar-refractivity contribution in [1.82, 2.24) is 19.3 Å². The van der Waals surface area contributed by atoms with Crippen LogP contribution in [0.1, 0.15) is 4.88 Å². The highest BCUT2D eigenvalue weighted by atomic mass is 32.2. The van der Waals surface area contributed by atoms with Crippen molar-refractivity contribution in [3.05, 3.63) is 48.0 Å². The maximum Gasteiger partial charge on any atom is 0.573 e. The number of carbonyl (C=O) groups is 1. The molecule has 0 aliphatic rings. The molecule has 2 N–H and O–H groups in total. The lowest BCUT2D eigenvalue weighted by molar-refractivity contribution is -0.274. The van der Waals surface area contributed by atoms with Crippen molar-refractivity contribution < 1.29 is 36.2 Å². The van der Waals surface area contributed by atoms with Crippen LogP contribution >= 0.6 is 11.3 Å². The van der Waals surface area contributed by atoms with Gasteiger partial charge in [-0.2, -0.15) is 0 Å². The van der Waals surface area contributed by atoms with Gasteiger partial charge in [0.25, 0.3) is 10.0 Å². The van der Waals surface area contributed by atoms with Gasteiger partial charge < -0.3 is 14.4 Å². The fourth-order valence-corrected chi connectivity index (χ4v) is 4.39. The quantitative estimate of drug-likeness (QED) is 0.594. The summed E-state index contributed by atoms with van der Waals surface area (Å²) in [7, 11) is -4.57. The van der Waals surface area contributed by atoms with E-state index in [1.165, 1.54) is 10.9 Å². The third kappa shape index (κ3) is 5.23. The van der Waals surface area contributed by atoms with E-state index < -0.39 is 33.1 Å². The molecule has 0 spiro atoms. The van der Waals surface area contributed by atoms with Gasteiger partial charge in [-0.3, -0.25) is 0 Å². The third-order valence-corrected chi connectivity index (χ3v) is 5.77. The number of benzene rings is 1. The van der Waals surface area contributed by atoms with Gasteiger partial charge in [0, 0.05) is 29.0 Å². The first-order chi connectivity index (χ1) is 13.5. The van der Waals surface area contributed by atoms with Crippen LogP contribution in [-0.4, -0.2) is 40.5 Å². The SMILES string of the molecule is O=C(O)NS(=O)(=O)c1ccc(OC(F)(F)F)cc1-c1ncc(Cn2ccnc2)s1. The Labute approximate surface area is 165 Å². The summed E-state index contributed by atoms with van der Waals surface area (Å²) in [4.78, 5) is 18.8. The van der Waals surface area contributed by atoms with Gasteiger partial charge in [-0.15, -0.1) is 24.5 Å². The molecule has 1 aromatic carbocycles. The number of carboxylic acid groups (broad SMARTS) is 1. The number of alkyl halides is 3. The van der Waals surface area contributed by atoms with Crippen molar-refractivity contribution in [3.63, 3.8) is 0 Å². The third-order valence-electron chi connectivity index (χ3n) is 3.38. The first kappa shape index (κ1) is 20.6. The highest BCUT2D eigenvalue weighted by Crippen LogP contribution is 2.35. The van der Waals surface area contributed by atoms with Gasteiger partial charge in [-0.05, 0) is 18.2 Å². The molecule has 154 valence electrons. The van der Waals surface area contributed by atoms with Crippen LogP contribution in [0.25, 0.3) is 10.6 Å². The maximum atomic E-state index is 12.5. The van der Waals surface area contributed by atoms with Crippen LogP contribution in [0.5, 0.6) is 5.75 Å². The summed E-state index contributed by atoms with van der Waals surface area (Å²) in [5, 5.41) is 8.81. The lowest BCUT2D eigenvalue weighted by Crippen LogP contribution is -2.29. The lowest BCUT2D eigenvalue weighted by atomic mass is 10.2. The van der Waals surface area contributed by atoms with Crippen LogP contribution in [0.15, 0.2) is 48.0 Å². The average molecular weight is 448 g/mol. The van der Waals surface area contributed by atoms with Crippen molar-refractivity contribution in [2.45, 2.75) is 17.8 Å². The van der Waals surface area contributed by atoms with E-state index in [0.717, 1.165) is 29.5 Å². The summed E-state index contributed by atoms with van der Waals surface area (Å²) in [6.45, 7) is 0.353. The second kappa shape index (κ2) is 7.71. The number of nitrogens with one attached hydrogen (secondary N) is 1. The Bertz CT molecular complexity index is 1130. The molecule has 0 aliphatic carbocycles. The predicted octanol–water partition coefficient (Wildman–Crippen LogP) is 2.91. The topological polar surface area (TPSA) is 123 Å². The van der Waals surface area contributed by atoms with Crippen LogP contribution in [0, 0.1) is 0 Å². The maximum absolute atomic E-state index is 12.5. The second-order valence-corrected chi connectivity index (χ2v) is 8.25. The largest absolute Gasteiger partial charge is 0.573 e. The first-order valence-corrected chi connectivity index (χ1v) is 9.90. The Hall–Kier alpha value is -3.13. The van der Waals surface area contributed by atoms with E-state index in [-0.39, 0.29) is 10.6 Å². The zero-order chi connectivity index (χ0) is 21.2. The Morgan fingerprint density at radius 3 is 2.72 bits per heavy atom. The molecule has 2 heterocycles.